The lowest BCUT2D eigenvalue weighted by atomic mass is 9.82. The Morgan fingerprint density at radius 2 is 1.88 bits per heavy atom. The third-order valence-electron chi connectivity index (χ3n) is 3.35. The molecule has 0 saturated heterocycles. The second kappa shape index (κ2) is 5.35. The fourth-order valence-electron chi connectivity index (χ4n) is 2.48. The summed E-state index contributed by atoms with van der Waals surface area (Å²) in [4.78, 5) is 0. The fraction of sp³-hybridized carbons (Fsp3) is 0.571. The Labute approximate surface area is 97.3 Å². The molecule has 2 heteroatoms. The lowest BCUT2D eigenvalue weighted by Crippen LogP contribution is -2.22. The molecule has 0 heterocycles. The van der Waals surface area contributed by atoms with Gasteiger partial charge in [-0.05, 0) is 37.5 Å². The number of rotatable bonds is 3. The summed E-state index contributed by atoms with van der Waals surface area (Å²) in [6.07, 6.45) is 4.28. The molecular formula is C14H20O2. The van der Waals surface area contributed by atoms with E-state index in [0.717, 1.165) is 25.0 Å². The summed E-state index contributed by atoms with van der Waals surface area (Å²) in [6, 6.07) is 8.18. The third-order valence-corrected chi connectivity index (χ3v) is 3.35. The van der Waals surface area contributed by atoms with Crippen molar-refractivity contribution in [1.29, 1.82) is 0 Å². The van der Waals surface area contributed by atoms with Gasteiger partial charge in [0, 0.05) is 5.92 Å². The number of hydrogen-bond acceptors (Lipinski definition) is 2. The molecule has 0 unspecified atom stereocenters. The topological polar surface area (TPSA) is 29.5 Å². The first-order chi connectivity index (χ1) is 7.81. The molecule has 88 valence electrons. The van der Waals surface area contributed by atoms with Gasteiger partial charge in [-0.3, -0.25) is 0 Å². The van der Waals surface area contributed by atoms with Crippen molar-refractivity contribution in [3.63, 3.8) is 0 Å². The lowest BCUT2D eigenvalue weighted by molar-refractivity contribution is 0.106. The van der Waals surface area contributed by atoms with Crippen LogP contribution in [0.25, 0.3) is 0 Å². The normalized spacial score (nSPS) is 25.4. The minimum Gasteiger partial charge on any atom is -0.494 e. The molecule has 1 aliphatic carbocycles. The number of aliphatic hydroxyl groups excluding tert-OH is 1. The van der Waals surface area contributed by atoms with Crippen molar-refractivity contribution in [1.82, 2.24) is 0 Å². The van der Waals surface area contributed by atoms with E-state index >= 15 is 0 Å². The fourth-order valence-corrected chi connectivity index (χ4v) is 2.48. The molecule has 1 fully saturated rings. The Kier molecular flexibility index (Phi) is 3.83. The van der Waals surface area contributed by atoms with Crippen molar-refractivity contribution in [3.05, 3.63) is 29.8 Å². The van der Waals surface area contributed by atoms with E-state index in [4.69, 9.17) is 4.74 Å². The van der Waals surface area contributed by atoms with Crippen molar-refractivity contribution >= 4 is 0 Å². The molecule has 0 aliphatic heterocycles. The first-order valence-corrected chi connectivity index (χ1v) is 6.22. The van der Waals surface area contributed by atoms with Crippen LogP contribution in [0.5, 0.6) is 5.75 Å². The van der Waals surface area contributed by atoms with Gasteiger partial charge in [0.25, 0.3) is 0 Å². The van der Waals surface area contributed by atoms with Crippen molar-refractivity contribution in [2.45, 2.75) is 44.6 Å². The van der Waals surface area contributed by atoms with Crippen molar-refractivity contribution in [3.8, 4) is 5.75 Å². The summed E-state index contributed by atoms with van der Waals surface area (Å²) in [6.45, 7) is 2.68. The molecule has 0 bridgehead atoms. The maximum Gasteiger partial charge on any atom is 0.119 e. The molecule has 1 aromatic carbocycles. The van der Waals surface area contributed by atoms with Crippen LogP contribution in [0.1, 0.15) is 44.1 Å². The molecule has 16 heavy (non-hydrogen) atoms. The van der Waals surface area contributed by atoms with Crippen LogP contribution in [-0.2, 0) is 0 Å². The molecule has 1 aromatic rings. The van der Waals surface area contributed by atoms with Gasteiger partial charge in [-0.15, -0.1) is 0 Å². The van der Waals surface area contributed by atoms with E-state index in [2.05, 4.69) is 12.1 Å². The predicted molar refractivity (Wildman–Crippen MR) is 64.8 cm³/mol. The van der Waals surface area contributed by atoms with Gasteiger partial charge in [-0.25, -0.2) is 0 Å². The Morgan fingerprint density at radius 1 is 1.19 bits per heavy atom. The highest BCUT2D eigenvalue weighted by molar-refractivity contribution is 5.30. The Morgan fingerprint density at radius 3 is 2.50 bits per heavy atom. The molecule has 2 rings (SSSR count). The van der Waals surface area contributed by atoms with Crippen molar-refractivity contribution < 1.29 is 9.84 Å². The van der Waals surface area contributed by atoms with Crippen LogP contribution in [0, 0.1) is 0 Å². The maximum absolute atomic E-state index is 9.96. The predicted octanol–water partition coefficient (Wildman–Crippen LogP) is 3.10. The van der Waals surface area contributed by atoms with Crippen molar-refractivity contribution in [2.24, 2.45) is 0 Å². The van der Waals surface area contributed by atoms with Crippen LogP contribution in [0.15, 0.2) is 24.3 Å². The van der Waals surface area contributed by atoms with E-state index in [0.29, 0.717) is 12.5 Å². The van der Waals surface area contributed by atoms with Gasteiger partial charge >= 0.3 is 0 Å². The van der Waals surface area contributed by atoms with Gasteiger partial charge in [0.05, 0.1) is 12.7 Å². The van der Waals surface area contributed by atoms with Gasteiger partial charge in [0.15, 0.2) is 0 Å². The largest absolute Gasteiger partial charge is 0.494 e. The van der Waals surface area contributed by atoms with Crippen LogP contribution >= 0.6 is 0 Å². The maximum atomic E-state index is 9.96. The average Bonchev–Trinajstić information content (AvgIpc) is 2.31. The zero-order chi connectivity index (χ0) is 11.4. The molecular weight excluding hydrogens is 200 g/mol. The number of hydrogen-bond donors (Lipinski definition) is 1. The quantitative estimate of drug-likeness (QED) is 0.848. The van der Waals surface area contributed by atoms with E-state index in [1.165, 1.54) is 12.0 Å². The summed E-state index contributed by atoms with van der Waals surface area (Å²) in [7, 11) is 0. The first kappa shape index (κ1) is 11.5. The molecule has 0 amide bonds. The lowest BCUT2D eigenvalue weighted by Gasteiger charge is -2.27. The van der Waals surface area contributed by atoms with Crippen LogP contribution in [0.2, 0.25) is 0 Å². The van der Waals surface area contributed by atoms with Gasteiger partial charge in [0.1, 0.15) is 5.75 Å². The van der Waals surface area contributed by atoms with Gasteiger partial charge in [0.2, 0.25) is 0 Å². The summed E-state index contributed by atoms with van der Waals surface area (Å²) in [5, 5.41) is 9.96. The molecule has 2 atom stereocenters. The average molecular weight is 220 g/mol. The number of aliphatic hydroxyl groups is 1. The molecule has 2 nitrogen and oxygen atoms in total. The second-order valence-corrected chi connectivity index (χ2v) is 4.46. The van der Waals surface area contributed by atoms with E-state index in [-0.39, 0.29) is 6.10 Å². The molecule has 1 aliphatic rings. The van der Waals surface area contributed by atoms with E-state index in [9.17, 15) is 5.11 Å². The van der Waals surface area contributed by atoms with E-state index < -0.39 is 0 Å². The van der Waals surface area contributed by atoms with Crippen LogP contribution in [0.3, 0.4) is 0 Å². The summed E-state index contributed by atoms with van der Waals surface area (Å²) >= 11 is 0. The summed E-state index contributed by atoms with van der Waals surface area (Å²) in [5.74, 6) is 1.24. The molecule has 1 saturated carbocycles. The van der Waals surface area contributed by atoms with E-state index in [1.54, 1.807) is 0 Å². The molecule has 1 N–H and O–H groups in total. The van der Waals surface area contributed by atoms with Gasteiger partial charge < -0.3 is 9.84 Å². The highest BCUT2D eigenvalue weighted by Crippen LogP contribution is 2.33. The Balaban J connectivity index is 2.08. The van der Waals surface area contributed by atoms with E-state index in [1.807, 2.05) is 19.1 Å². The number of benzene rings is 1. The minimum absolute atomic E-state index is 0.160. The van der Waals surface area contributed by atoms with Gasteiger partial charge in [-0.2, -0.15) is 0 Å². The van der Waals surface area contributed by atoms with Gasteiger partial charge in [-0.1, -0.05) is 25.0 Å². The molecule has 0 spiro atoms. The van der Waals surface area contributed by atoms with Crippen LogP contribution in [0.4, 0.5) is 0 Å². The zero-order valence-corrected chi connectivity index (χ0v) is 9.86. The highest BCUT2D eigenvalue weighted by Gasteiger charge is 2.24. The first-order valence-electron chi connectivity index (χ1n) is 6.22. The molecule has 0 aromatic heterocycles. The minimum atomic E-state index is -0.160. The number of ether oxygens (including phenoxy) is 1. The highest BCUT2D eigenvalue weighted by atomic mass is 16.5. The Hall–Kier alpha value is -1.02. The smallest absolute Gasteiger partial charge is 0.119 e. The van der Waals surface area contributed by atoms with Crippen LogP contribution in [-0.4, -0.2) is 17.8 Å². The monoisotopic (exact) mass is 220 g/mol. The summed E-state index contributed by atoms with van der Waals surface area (Å²) in [5.41, 5.74) is 1.25. The van der Waals surface area contributed by atoms with Crippen LogP contribution < -0.4 is 4.74 Å². The third kappa shape index (κ3) is 2.56. The standard InChI is InChI=1S/C14H20O2/c1-2-16-12-9-7-11(8-10-12)13-5-3-4-6-14(13)15/h7-10,13-15H,2-6H2,1H3/t13-,14+/m0/s1. The zero-order valence-electron chi connectivity index (χ0n) is 9.86. The molecule has 0 radical (unpaired) electrons. The summed E-state index contributed by atoms with van der Waals surface area (Å²) < 4.78 is 5.41. The SMILES string of the molecule is CCOc1ccc([C@@H]2CCCC[C@H]2O)cc1. The Bertz CT molecular complexity index is 318. The van der Waals surface area contributed by atoms with Crippen molar-refractivity contribution in [2.75, 3.05) is 6.61 Å². The second-order valence-electron chi connectivity index (χ2n) is 4.46.